The molecule has 0 unspecified atom stereocenters. The Morgan fingerprint density at radius 2 is 1.67 bits per heavy atom. The third kappa shape index (κ3) is 2.29. The first-order chi connectivity index (χ1) is 10.2. The van der Waals surface area contributed by atoms with Crippen LogP contribution in [0.4, 0.5) is 0 Å². The molecule has 4 heteroatoms. The van der Waals surface area contributed by atoms with Crippen LogP contribution in [0.25, 0.3) is 21.8 Å². The third-order valence-electron chi connectivity index (χ3n) is 4.60. The van der Waals surface area contributed by atoms with Crippen molar-refractivity contribution in [3.05, 3.63) is 40.0 Å². The van der Waals surface area contributed by atoms with Crippen molar-refractivity contribution in [3.8, 4) is 0 Å². The first-order valence-corrected chi connectivity index (χ1v) is 8.72. The van der Waals surface area contributed by atoms with Crippen molar-refractivity contribution < 1.29 is 0 Å². The van der Waals surface area contributed by atoms with Crippen LogP contribution in [0.1, 0.15) is 18.9 Å². The SMILES string of the molecule is Bc1ccc2c3ccc(I)cc3n(C3CCNCC3)c2c1. The lowest BCUT2D eigenvalue weighted by Gasteiger charge is -2.26. The van der Waals surface area contributed by atoms with Gasteiger partial charge in [0, 0.05) is 25.9 Å². The molecule has 1 aromatic heterocycles. The minimum atomic E-state index is 0.617. The van der Waals surface area contributed by atoms with E-state index in [1.165, 1.54) is 43.7 Å². The number of fused-ring (bicyclic) bond motifs is 3. The Morgan fingerprint density at radius 3 is 2.43 bits per heavy atom. The predicted molar refractivity (Wildman–Crippen MR) is 101 cm³/mol. The second-order valence-electron chi connectivity index (χ2n) is 6.03. The molecule has 0 saturated carbocycles. The summed E-state index contributed by atoms with van der Waals surface area (Å²) in [6.45, 7) is 2.25. The van der Waals surface area contributed by atoms with Gasteiger partial charge in [0.25, 0.3) is 0 Å². The quantitative estimate of drug-likeness (QED) is 0.501. The normalized spacial score (nSPS) is 16.8. The summed E-state index contributed by atoms with van der Waals surface area (Å²) in [6, 6.07) is 14.3. The summed E-state index contributed by atoms with van der Waals surface area (Å²) in [4.78, 5) is 0. The van der Waals surface area contributed by atoms with Gasteiger partial charge in [0.05, 0.1) is 5.52 Å². The van der Waals surface area contributed by atoms with E-state index >= 15 is 0 Å². The van der Waals surface area contributed by atoms with E-state index in [9.17, 15) is 0 Å². The van der Waals surface area contributed by atoms with Crippen LogP contribution in [0.2, 0.25) is 0 Å². The molecule has 3 aromatic rings. The molecule has 4 rings (SSSR count). The molecule has 1 N–H and O–H groups in total. The highest BCUT2D eigenvalue weighted by molar-refractivity contribution is 14.1. The van der Waals surface area contributed by atoms with Gasteiger partial charge < -0.3 is 9.88 Å². The number of rotatable bonds is 1. The van der Waals surface area contributed by atoms with Crippen molar-refractivity contribution in [1.82, 2.24) is 9.88 Å². The number of piperidine rings is 1. The molecule has 2 aromatic carbocycles. The Kier molecular flexibility index (Phi) is 3.46. The average molecular weight is 388 g/mol. The Morgan fingerprint density at radius 1 is 1.00 bits per heavy atom. The number of nitrogens with one attached hydrogen (secondary N) is 1. The largest absolute Gasteiger partial charge is 0.337 e. The van der Waals surface area contributed by atoms with Crippen molar-refractivity contribution in [2.24, 2.45) is 0 Å². The van der Waals surface area contributed by atoms with Gasteiger partial charge in [-0.3, -0.25) is 0 Å². The van der Waals surface area contributed by atoms with Crippen molar-refractivity contribution in [2.45, 2.75) is 18.9 Å². The highest BCUT2D eigenvalue weighted by atomic mass is 127. The summed E-state index contributed by atoms with van der Waals surface area (Å²) < 4.78 is 3.91. The average Bonchev–Trinajstić information content (AvgIpc) is 2.80. The van der Waals surface area contributed by atoms with E-state index in [4.69, 9.17) is 0 Å². The van der Waals surface area contributed by atoms with Crippen LogP contribution in [0.3, 0.4) is 0 Å². The van der Waals surface area contributed by atoms with Crippen LogP contribution in [0, 0.1) is 3.57 Å². The van der Waals surface area contributed by atoms with Crippen molar-refractivity contribution >= 4 is 57.7 Å². The summed E-state index contributed by atoms with van der Waals surface area (Å²) in [5, 5.41) is 6.27. The molecule has 0 radical (unpaired) electrons. The van der Waals surface area contributed by atoms with Gasteiger partial charge >= 0.3 is 0 Å². The van der Waals surface area contributed by atoms with Crippen LogP contribution in [0.5, 0.6) is 0 Å². The van der Waals surface area contributed by atoms with Crippen molar-refractivity contribution in [1.29, 1.82) is 0 Å². The molecule has 0 spiro atoms. The lowest BCUT2D eigenvalue weighted by atomic mass is 9.95. The molecule has 1 saturated heterocycles. The summed E-state index contributed by atoms with van der Waals surface area (Å²) in [6.07, 6.45) is 2.44. The third-order valence-corrected chi connectivity index (χ3v) is 5.27. The highest BCUT2D eigenvalue weighted by Crippen LogP contribution is 2.34. The molecule has 1 aliphatic heterocycles. The zero-order chi connectivity index (χ0) is 14.4. The van der Waals surface area contributed by atoms with Gasteiger partial charge in [-0.2, -0.15) is 0 Å². The first-order valence-electron chi connectivity index (χ1n) is 7.64. The van der Waals surface area contributed by atoms with Crippen LogP contribution >= 0.6 is 22.6 Å². The molecular formula is C17H18BIN2. The number of benzene rings is 2. The van der Waals surface area contributed by atoms with E-state index in [-0.39, 0.29) is 0 Å². The topological polar surface area (TPSA) is 17.0 Å². The fourth-order valence-corrected chi connectivity index (χ4v) is 4.06. The zero-order valence-corrected chi connectivity index (χ0v) is 14.4. The molecule has 106 valence electrons. The number of aromatic nitrogens is 1. The summed E-state index contributed by atoms with van der Waals surface area (Å²) in [5.74, 6) is 0. The summed E-state index contributed by atoms with van der Waals surface area (Å²) in [7, 11) is 2.19. The fourth-order valence-electron chi connectivity index (χ4n) is 3.59. The maximum atomic E-state index is 3.48. The van der Waals surface area contributed by atoms with Gasteiger partial charge in [0.2, 0.25) is 0 Å². The predicted octanol–water partition coefficient (Wildman–Crippen LogP) is 2.58. The summed E-state index contributed by atoms with van der Waals surface area (Å²) in [5.41, 5.74) is 4.14. The van der Waals surface area contributed by atoms with E-state index in [0.717, 1.165) is 13.1 Å². The van der Waals surface area contributed by atoms with E-state index < -0.39 is 0 Å². The molecule has 1 fully saturated rings. The summed E-state index contributed by atoms with van der Waals surface area (Å²) >= 11 is 2.42. The molecule has 2 nitrogen and oxygen atoms in total. The molecule has 0 atom stereocenters. The first kappa shape index (κ1) is 13.6. The Bertz CT molecular complexity index is 759. The number of hydrogen-bond donors (Lipinski definition) is 1. The lowest BCUT2D eigenvalue weighted by Crippen LogP contribution is -2.29. The standard InChI is InChI=1S/C17H18BIN2/c18-11-1-3-14-15-4-2-12(19)10-17(15)21(16(14)9-11)13-5-7-20-8-6-13/h1-4,9-10,13,20H,5-8,18H2. The number of halogens is 1. The van der Waals surface area contributed by atoms with Crippen LogP contribution < -0.4 is 10.8 Å². The highest BCUT2D eigenvalue weighted by Gasteiger charge is 2.20. The van der Waals surface area contributed by atoms with E-state index in [0.29, 0.717) is 6.04 Å². The minimum Gasteiger partial charge on any atom is -0.337 e. The second kappa shape index (κ2) is 5.32. The van der Waals surface area contributed by atoms with Gasteiger partial charge in [-0.25, -0.2) is 0 Å². The van der Waals surface area contributed by atoms with Crippen molar-refractivity contribution in [2.75, 3.05) is 13.1 Å². The Balaban J connectivity index is 2.07. The molecular weight excluding hydrogens is 370 g/mol. The molecule has 0 aliphatic carbocycles. The minimum absolute atomic E-state index is 0.617. The van der Waals surface area contributed by atoms with Crippen molar-refractivity contribution in [3.63, 3.8) is 0 Å². The molecule has 2 heterocycles. The van der Waals surface area contributed by atoms with Gasteiger partial charge in [-0.05, 0) is 66.7 Å². The maximum absolute atomic E-state index is 3.48. The lowest BCUT2D eigenvalue weighted by molar-refractivity contribution is 0.383. The number of nitrogens with zero attached hydrogens (tertiary/aromatic N) is 1. The fraction of sp³-hybridized carbons (Fsp3) is 0.294. The monoisotopic (exact) mass is 388 g/mol. The van der Waals surface area contributed by atoms with Gasteiger partial charge in [0.15, 0.2) is 0 Å². The molecule has 0 amide bonds. The molecule has 1 aliphatic rings. The van der Waals surface area contributed by atoms with Gasteiger partial charge in [0.1, 0.15) is 7.85 Å². The van der Waals surface area contributed by atoms with E-state index in [2.05, 4.69) is 76.7 Å². The Labute approximate surface area is 139 Å². The maximum Gasteiger partial charge on any atom is 0.139 e. The van der Waals surface area contributed by atoms with E-state index in [1.54, 1.807) is 0 Å². The number of hydrogen-bond acceptors (Lipinski definition) is 1. The van der Waals surface area contributed by atoms with Gasteiger partial charge in [-0.1, -0.05) is 23.7 Å². The molecule has 21 heavy (non-hydrogen) atoms. The van der Waals surface area contributed by atoms with Crippen LogP contribution in [-0.2, 0) is 0 Å². The van der Waals surface area contributed by atoms with Gasteiger partial charge in [-0.15, -0.1) is 0 Å². The molecule has 0 bridgehead atoms. The zero-order valence-electron chi connectivity index (χ0n) is 12.2. The second-order valence-corrected chi connectivity index (χ2v) is 7.28. The van der Waals surface area contributed by atoms with Crippen LogP contribution in [0.15, 0.2) is 36.4 Å². The smallest absolute Gasteiger partial charge is 0.139 e. The van der Waals surface area contributed by atoms with Crippen LogP contribution in [-0.4, -0.2) is 25.5 Å². The Hall–Kier alpha value is -1.01. The van der Waals surface area contributed by atoms with E-state index in [1.807, 2.05) is 0 Å².